The Morgan fingerprint density at radius 1 is 1.62 bits per heavy atom. The van der Waals surface area contributed by atoms with Crippen LogP contribution < -0.4 is 5.73 Å². The molecule has 0 spiro atoms. The van der Waals surface area contributed by atoms with E-state index in [-0.39, 0.29) is 17.2 Å². The molecule has 0 aliphatic carbocycles. The largest absolute Gasteiger partial charge is 0.380 e. The molecule has 0 aromatic carbocycles. The van der Waals surface area contributed by atoms with Gasteiger partial charge in [-0.1, -0.05) is 5.16 Å². The second kappa shape index (κ2) is 2.41. The van der Waals surface area contributed by atoms with Gasteiger partial charge in [0.2, 0.25) is 0 Å². The van der Waals surface area contributed by atoms with Gasteiger partial charge in [0.05, 0.1) is 10.3 Å². The predicted octanol–water partition coefficient (Wildman–Crippen LogP) is 0.713. The van der Waals surface area contributed by atoms with Crippen LogP contribution >= 0.6 is 0 Å². The first kappa shape index (κ1) is 7.47. The molecule has 2 heterocycles. The van der Waals surface area contributed by atoms with Gasteiger partial charge in [-0.3, -0.25) is 10.1 Å². The number of pyridine rings is 1. The molecule has 0 radical (unpaired) electrons. The second-order valence-corrected chi connectivity index (χ2v) is 2.37. The summed E-state index contributed by atoms with van der Waals surface area (Å²) in [6.07, 6.45) is 1.09. The maximum Gasteiger partial charge on any atom is 0.288 e. The van der Waals surface area contributed by atoms with Crippen molar-refractivity contribution in [3.05, 3.63) is 22.4 Å². The van der Waals surface area contributed by atoms with Gasteiger partial charge in [-0.25, -0.2) is 4.98 Å². The number of fused-ring (bicyclic) bond motifs is 1. The Morgan fingerprint density at radius 2 is 2.38 bits per heavy atom. The summed E-state index contributed by atoms with van der Waals surface area (Å²) >= 11 is 0. The van der Waals surface area contributed by atoms with Crippen LogP contribution in [0.15, 0.2) is 16.8 Å². The number of hydrogen-bond acceptors (Lipinski definition) is 6. The standard InChI is InChI=1S/C6H4N4O3/c7-5-4-1-3(10(11)12)2-8-6(4)13-9-5/h1-2H,(H2,7,9). The van der Waals surface area contributed by atoms with Crippen molar-refractivity contribution >= 4 is 22.6 Å². The van der Waals surface area contributed by atoms with Gasteiger partial charge in [-0.15, -0.1) is 0 Å². The summed E-state index contributed by atoms with van der Waals surface area (Å²) in [6.45, 7) is 0. The van der Waals surface area contributed by atoms with Crippen LogP contribution in [0.25, 0.3) is 11.1 Å². The first-order valence-corrected chi connectivity index (χ1v) is 3.34. The van der Waals surface area contributed by atoms with E-state index in [9.17, 15) is 10.1 Å². The summed E-state index contributed by atoms with van der Waals surface area (Å²) < 4.78 is 4.67. The van der Waals surface area contributed by atoms with Crippen LogP contribution in [0.4, 0.5) is 11.5 Å². The van der Waals surface area contributed by atoms with E-state index in [0.29, 0.717) is 5.39 Å². The zero-order valence-corrected chi connectivity index (χ0v) is 6.30. The molecule has 0 atom stereocenters. The summed E-state index contributed by atoms with van der Waals surface area (Å²) in [5.41, 5.74) is 5.44. The fraction of sp³-hybridized carbons (Fsp3) is 0. The molecular weight excluding hydrogens is 176 g/mol. The van der Waals surface area contributed by atoms with E-state index in [2.05, 4.69) is 14.7 Å². The van der Waals surface area contributed by atoms with Crippen molar-refractivity contribution in [3.63, 3.8) is 0 Å². The van der Waals surface area contributed by atoms with Crippen molar-refractivity contribution in [2.45, 2.75) is 0 Å². The van der Waals surface area contributed by atoms with E-state index in [0.717, 1.165) is 6.20 Å². The maximum absolute atomic E-state index is 10.4. The molecule has 2 rings (SSSR count). The quantitative estimate of drug-likeness (QED) is 0.511. The minimum atomic E-state index is -0.557. The van der Waals surface area contributed by atoms with Gasteiger partial charge in [-0.05, 0) is 0 Å². The summed E-state index contributed by atoms with van der Waals surface area (Å²) in [4.78, 5) is 13.5. The molecule has 2 aromatic heterocycles. The van der Waals surface area contributed by atoms with Crippen molar-refractivity contribution in [2.24, 2.45) is 0 Å². The highest BCUT2D eigenvalue weighted by Gasteiger charge is 2.12. The zero-order chi connectivity index (χ0) is 9.42. The summed E-state index contributed by atoms with van der Waals surface area (Å²) in [5.74, 6) is 0.103. The van der Waals surface area contributed by atoms with E-state index in [1.807, 2.05) is 0 Å². The van der Waals surface area contributed by atoms with Crippen LogP contribution in [0.5, 0.6) is 0 Å². The molecule has 0 aliphatic rings. The lowest BCUT2D eigenvalue weighted by Gasteiger charge is -1.88. The Labute approximate surface area is 71.3 Å². The summed E-state index contributed by atoms with van der Waals surface area (Å²) in [7, 11) is 0. The Bertz CT molecular complexity index is 478. The number of hydrogen-bond donors (Lipinski definition) is 1. The molecule has 66 valence electrons. The molecule has 13 heavy (non-hydrogen) atoms. The Hall–Kier alpha value is -2.18. The van der Waals surface area contributed by atoms with E-state index in [1.165, 1.54) is 6.07 Å². The smallest absolute Gasteiger partial charge is 0.288 e. The van der Waals surface area contributed by atoms with Crippen molar-refractivity contribution in [2.75, 3.05) is 5.73 Å². The number of nitrogen functional groups attached to an aromatic ring is 1. The Kier molecular flexibility index (Phi) is 1.38. The third kappa shape index (κ3) is 1.06. The first-order valence-electron chi connectivity index (χ1n) is 3.34. The minimum Gasteiger partial charge on any atom is -0.380 e. The normalized spacial score (nSPS) is 10.5. The van der Waals surface area contributed by atoms with E-state index in [1.54, 1.807) is 0 Å². The lowest BCUT2D eigenvalue weighted by Crippen LogP contribution is -1.89. The number of rotatable bonds is 1. The zero-order valence-electron chi connectivity index (χ0n) is 6.30. The molecule has 0 unspecified atom stereocenters. The maximum atomic E-state index is 10.4. The first-order chi connectivity index (χ1) is 6.18. The summed E-state index contributed by atoms with van der Waals surface area (Å²) in [5, 5.41) is 14.1. The second-order valence-electron chi connectivity index (χ2n) is 2.37. The predicted molar refractivity (Wildman–Crippen MR) is 42.9 cm³/mol. The van der Waals surface area contributed by atoms with Crippen LogP contribution in [-0.2, 0) is 0 Å². The van der Waals surface area contributed by atoms with E-state index < -0.39 is 4.92 Å². The van der Waals surface area contributed by atoms with Gasteiger partial charge in [0.25, 0.3) is 11.4 Å². The molecular formula is C6H4N4O3. The van der Waals surface area contributed by atoms with Gasteiger partial charge in [0.1, 0.15) is 6.20 Å². The molecule has 7 nitrogen and oxygen atoms in total. The van der Waals surface area contributed by atoms with Gasteiger partial charge in [-0.2, -0.15) is 0 Å². The highest BCUT2D eigenvalue weighted by molar-refractivity contribution is 5.85. The van der Waals surface area contributed by atoms with Crippen LogP contribution in [-0.4, -0.2) is 15.1 Å². The average Bonchev–Trinajstić information content (AvgIpc) is 2.47. The van der Waals surface area contributed by atoms with Crippen LogP contribution in [0, 0.1) is 10.1 Å². The van der Waals surface area contributed by atoms with Crippen LogP contribution in [0.1, 0.15) is 0 Å². The lowest BCUT2D eigenvalue weighted by molar-refractivity contribution is -0.385. The molecule has 2 N–H and O–H groups in total. The van der Waals surface area contributed by atoms with E-state index in [4.69, 9.17) is 5.73 Å². The fourth-order valence-electron chi connectivity index (χ4n) is 0.939. The third-order valence-corrected chi connectivity index (χ3v) is 1.55. The van der Waals surface area contributed by atoms with Crippen molar-refractivity contribution in [1.82, 2.24) is 10.1 Å². The lowest BCUT2D eigenvalue weighted by atomic mass is 10.3. The molecule has 0 amide bonds. The third-order valence-electron chi connectivity index (χ3n) is 1.55. The number of nitrogens with two attached hydrogens (primary N) is 1. The van der Waals surface area contributed by atoms with Crippen molar-refractivity contribution in [3.8, 4) is 0 Å². The monoisotopic (exact) mass is 180 g/mol. The topological polar surface area (TPSA) is 108 Å². The van der Waals surface area contributed by atoms with Gasteiger partial charge < -0.3 is 10.3 Å². The highest BCUT2D eigenvalue weighted by Crippen LogP contribution is 2.22. The Balaban J connectivity index is 2.72. The number of nitro groups is 1. The SMILES string of the molecule is Nc1noc2ncc([N+](=O)[O-])cc12. The van der Waals surface area contributed by atoms with Gasteiger partial charge in [0, 0.05) is 6.07 Å². The molecule has 0 fully saturated rings. The average molecular weight is 180 g/mol. The van der Waals surface area contributed by atoms with Gasteiger partial charge in [0.15, 0.2) is 5.82 Å². The van der Waals surface area contributed by atoms with Gasteiger partial charge >= 0.3 is 0 Å². The number of aromatic nitrogens is 2. The molecule has 0 aliphatic heterocycles. The highest BCUT2D eigenvalue weighted by atomic mass is 16.6. The van der Waals surface area contributed by atoms with Crippen LogP contribution in [0.3, 0.4) is 0 Å². The molecule has 0 saturated carbocycles. The molecule has 2 aromatic rings. The van der Waals surface area contributed by atoms with E-state index >= 15 is 0 Å². The Morgan fingerprint density at radius 3 is 3.08 bits per heavy atom. The van der Waals surface area contributed by atoms with Crippen molar-refractivity contribution in [1.29, 1.82) is 0 Å². The number of anilines is 1. The molecule has 7 heteroatoms. The van der Waals surface area contributed by atoms with Crippen molar-refractivity contribution < 1.29 is 9.45 Å². The summed E-state index contributed by atoms with van der Waals surface area (Å²) in [6, 6.07) is 1.27. The van der Waals surface area contributed by atoms with Crippen LogP contribution in [0.2, 0.25) is 0 Å². The minimum absolute atomic E-state index is 0.103. The molecule has 0 saturated heterocycles. The molecule has 0 bridgehead atoms. The fourth-order valence-corrected chi connectivity index (χ4v) is 0.939. The number of nitrogens with zero attached hydrogens (tertiary/aromatic N) is 3.